The Hall–Kier alpha value is -5.34. The molecule has 0 fully saturated rings. The van der Waals surface area contributed by atoms with Crippen molar-refractivity contribution in [3.05, 3.63) is 127 Å². The van der Waals surface area contributed by atoms with E-state index in [0.29, 0.717) is 16.0 Å². The number of anilines is 1. The molecule has 1 aliphatic heterocycles. The molecule has 1 amide bonds. The lowest BCUT2D eigenvalue weighted by Crippen LogP contribution is -2.40. The Morgan fingerprint density at radius 2 is 1.62 bits per heavy atom. The fourth-order valence-corrected chi connectivity index (χ4v) is 6.50. The molecule has 4 heterocycles. The number of amides is 1. The van der Waals surface area contributed by atoms with Gasteiger partial charge in [0, 0.05) is 41.7 Å². The Morgan fingerprint density at radius 1 is 0.956 bits per heavy atom. The normalized spacial score (nSPS) is 13.0. The number of non-ortho nitro benzene ring substituents is 1. The first kappa shape index (κ1) is 29.7. The minimum Gasteiger partial charge on any atom is -0.305 e. The van der Waals surface area contributed by atoms with Crippen molar-refractivity contribution in [3.8, 4) is 16.3 Å². The van der Waals surface area contributed by atoms with Gasteiger partial charge in [0.1, 0.15) is 28.1 Å². The molecule has 3 aromatic heterocycles. The van der Waals surface area contributed by atoms with Crippen molar-refractivity contribution in [1.82, 2.24) is 19.0 Å². The second-order valence-corrected chi connectivity index (χ2v) is 11.5. The smallest absolute Gasteiger partial charge is 0.305 e. The topological polar surface area (TPSA) is 124 Å². The number of rotatable bonds is 8. The number of nitro groups is 1. The van der Waals surface area contributed by atoms with Crippen LogP contribution in [0.3, 0.4) is 0 Å². The summed E-state index contributed by atoms with van der Waals surface area (Å²) in [6, 6.07) is 13.7. The molecule has 0 N–H and O–H groups in total. The predicted molar refractivity (Wildman–Crippen MR) is 166 cm³/mol. The second kappa shape index (κ2) is 11.6. The standard InChI is InChI=1S/C31H24F2N6O5S/c1-35(2)16-21-27-29(41)38(25-9-4-8-24(34-25)36-15-5-10-26(36)40)31(42)37(17-20-22(32)6-3-7-23(20)33)30(27)45-28(21)18-11-13-19(14-12-18)39(43)44/h3-9,11-15H,10,16-17H2,1-2H3. The van der Waals surface area contributed by atoms with Crippen LogP contribution in [0.1, 0.15) is 17.5 Å². The van der Waals surface area contributed by atoms with Crippen LogP contribution in [0.5, 0.6) is 0 Å². The molecule has 5 aromatic rings. The van der Waals surface area contributed by atoms with Gasteiger partial charge in [0.15, 0.2) is 0 Å². The van der Waals surface area contributed by atoms with Gasteiger partial charge in [0.2, 0.25) is 5.91 Å². The summed E-state index contributed by atoms with van der Waals surface area (Å²) in [6.45, 7) is -0.308. The van der Waals surface area contributed by atoms with Crippen molar-refractivity contribution < 1.29 is 18.5 Å². The monoisotopic (exact) mass is 630 g/mol. The molecular weight excluding hydrogens is 606 g/mol. The highest BCUT2D eigenvalue weighted by Crippen LogP contribution is 2.38. The van der Waals surface area contributed by atoms with E-state index in [2.05, 4.69) is 4.98 Å². The van der Waals surface area contributed by atoms with Crippen LogP contribution in [0.15, 0.2) is 82.5 Å². The van der Waals surface area contributed by atoms with Gasteiger partial charge >= 0.3 is 5.69 Å². The Labute approximate surface area is 257 Å². The Balaban J connectivity index is 1.67. The lowest BCUT2D eigenvalue weighted by Gasteiger charge is -2.16. The minimum absolute atomic E-state index is 0.0841. The number of hydrogen-bond donors (Lipinski definition) is 0. The summed E-state index contributed by atoms with van der Waals surface area (Å²) in [5, 5.41) is 11.4. The molecule has 0 atom stereocenters. The van der Waals surface area contributed by atoms with Crippen molar-refractivity contribution in [2.24, 2.45) is 0 Å². The zero-order valence-electron chi connectivity index (χ0n) is 23.9. The van der Waals surface area contributed by atoms with Gasteiger partial charge in [0.05, 0.1) is 16.9 Å². The molecule has 45 heavy (non-hydrogen) atoms. The molecule has 2 aromatic carbocycles. The number of aromatic nitrogens is 3. The van der Waals surface area contributed by atoms with Crippen molar-refractivity contribution in [2.75, 3.05) is 19.0 Å². The summed E-state index contributed by atoms with van der Waals surface area (Å²) in [7, 11) is 3.58. The molecule has 0 saturated heterocycles. The zero-order valence-corrected chi connectivity index (χ0v) is 24.8. The van der Waals surface area contributed by atoms with Crippen LogP contribution >= 0.6 is 11.3 Å². The van der Waals surface area contributed by atoms with Crippen LogP contribution in [0.25, 0.3) is 26.5 Å². The Morgan fingerprint density at radius 3 is 2.24 bits per heavy atom. The van der Waals surface area contributed by atoms with E-state index in [9.17, 15) is 33.3 Å². The number of fused-ring (bicyclic) bond motifs is 1. The van der Waals surface area contributed by atoms with E-state index < -0.39 is 34.4 Å². The van der Waals surface area contributed by atoms with Gasteiger partial charge in [-0.1, -0.05) is 18.2 Å². The number of halogens is 2. The molecular formula is C31H24F2N6O5S. The average molecular weight is 631 g/mol. The van der Waals surface area contributed by atoms with Crippen LogP contribution < -0.4 is 16.1 Å². The number of pyridine rings is 1. The van der Waals surface area contributed by atoms with E-state index in [1.54, 1.807) is 50.6 Å². The van der Waals surface area contributed by atoms with E-state index >= 15 is 0 Å². The average Bonchev–Trinajstić information content (AvgIpc) is 3.60. The maximum absolute atomic E-state index is 14.9. The number of carbonyl (C=O) groups excluding carboxylic acids is 1. The maximum atomic E-state index is 14.9. The van der Waals surface area contributed by atoms with Gasteiger partial charge in [-0.3, -0.25) is 29.2 Å². The molecule has 0 bridgehead atoms. The molecule has 11 nitrogen and oxygen atoms in total. The molecule has 0 saturated carbocycles. The lowest BCUT2D eigenvalue weighted by molar-refractivity contribution is -0.384. The Bertz CT molecular complexity index is 2130. The van der Waals surface area contributed by atoms with Crippen molar-refractivity contribution in [3.63, 3.8) is 0 Å². The van der Waals surface area contributed by atoms with E-state index in [-0.39, 0.29) is 52.0 Å². The largest absolute Gasteiger partial charge is 0.338 e. The van der Waals surface area contributed by atoms with Crippen LogP contribution in [0.4, 0.5) is 20.3 Å². The third kappa shape index (κ3) is 5.34. The Kier molecular flexibility index (Phi) is 7.68. The van der Waals surface area contributed by atoms with Crippen LogP contribution in [0, 0.1) is 21.7 Å². The highest BCUT2D eigenvalue weighted by molar-refractivity contribution is 7.22. The first-order valence-electron chi connectivity index (χ1n) is 13.6. The number of benzene rings is 2. The van der Waals surface area contributed by atoms with E-state index in [1.165, 1.54) is 29.2 Å². The molecule has 228 valence electrons. The van der Waals surface area contributed by atoms with Crippen LogP contribution in [0.2, 0.25) is 0 Å². The third-order valence-corrected chi connectivity index (χ3v) is 8.58. The fourth-order valence-electron chi connectivity index (χ4n) is 5.20. The lowest BCUT2D eigenvalue weighted by atomic mass is 10.1. The quantitative estimate of drug-likeness (QED) is 0.178. The summed E-state index contributed by atoms with van der Waals surface area (Å²) in [5.41, 5.74) is -1.03. The molecule has 0 unspecified atom stereocenters. The van der Waals surface area contributed by atoms with E-state index in [4.69, 9.17) is 0 Å². The van der Waals surface area contributed by atoms with Gasteiger partial charge in [-0.2, -0.15) is 0 Å². The first-order valence-corrected chi connectivity index (χ1v) is 14.5. The van der Waals surface area contributed by atoms with Crippen LogP contribution in [-0.2, 0) is 17.9 Å². The highest BCUT2D eigenvalue weighted by Gasteiger charge is 2.26. The van der Waals surface area contributed by atoms with Gasteiger partial charge in [-0.05, 0) is 61.6 Å². The van der Waals surface area contributed by atoms with Gasteiger partial charge in [-0.25, -0.2) is 23.1 Å². The summed E-state index contributed by atoms with van der Waals surface area (Å²) < 4.78 is 31.8. The van der Waals surface area contributed by atoms with Gasteiger partial charge < -0.3 is 4.90 Å². The number of hydrogen-bond acceptors (Lipinski definition) is 8. The maximum Gasteiger partial charge on any atom is 0.338 e. The number of thiophene rings is 1. The van der Waals surface area contributed by atoms with E-state index in [0.717, 1.165) is 32.6 Å². The fraction of sp³-hybridized carbons (Fsp3) is 0.161. The van der Waals surface area contributed by atoms with Crippen LogP contribution in [-0.4, -0.2) is 43.9 Å². The first-order chi connectivity index (χ1) is 21.5. The summed E-state index contributed by atoms with van der Waals surface area (Å²) >= 11 is 1.07. The molecule has 14 heteroatoms. The van der Waals surface area contributed by atoms with E-state index in [1.807, 2.05) is 4.90 Å². The number of carbonyl (C=O) groups is 1. The summed E-state index contributed by atoms with van der Waals surface area (Å²) in [4.78, 5) is 60.0. The van der Waals surface area contributed by atoms with Crippen molar-refractivity contribution >= 4 is 39.0 Å². The summed E-state index contributed by atoms with van der Waals surface area (Å²) in [5.74, 6) is -1.87. The zero-order chi connectivity index (χ0) is 32.0. The SMILES string of the molecule is CN(C)Cc1c(-c2ccc([N+](=O)[O-])cc2)sc2c1c(=O)n(-c1cccc(N3C=CCC3=O)n1)c(=O)n2Cc1c(F)cccc1F. The van der Waals surface area contributed by atoms with Crippen molar-refractivity contribution in [1.29, 1.82) is 0 Å². The van der Waals surface area contributed by atoms with Gasteiger partial charge in [0.25, 0.3) is 11.2 Å². The molecule has 0 aliphatic carbocycles. The third-order valence-electron chi connectivity index (χ3n) is 7.28. The molecule has 1 aliphatic rings. The summed E-state index contributed by atoms with van der Waals surface area (Å²) in [6.07, 6.45) is 3.38. The second-order valence-electron chi connectivity index (χ2n) is 10.5. The van der Waals surface area contributed by atoms with Gasteiger partial charge in [-0.15, -0.1) is 11.3 Å². The molecule has 0 radical (unpaired) electrons. The predicted octanol–water partition coefficient (Wildman–Crippen LogP) is 4.82. The number of nitro benzene ring substituents is 1. The van der Waals surface area contributed by atoms with Crippen molar-refractivity contribution in [2.45, 2.75) is 19.5 Å². The number of nitrogens with zero attached hydrogens (tertiary/aromatic N) is 6. The molecule has 0 spiro atoms. The minimum atomic E-state index is -0.893. The highest BCUT2D eigenvalue weighted by atomic mass is 32.1. The molecule has 6 rings (SSSR count).